The maximum absolute atomic E-state index is 6.53. The number of hydrogen-bond acceptors (Lipinski definition) is 2. The van der Waals surface area contributed by atoms with Crippen LogP contribution in [-0.4, -0.2) is 9.55 Å². The zero-order valence-corrected chi connectivity index (χ0v) is 25.6. The molecular weight excluding hydrogens is 548 g/mol. The van der Waals surface area contributed by atoms with Crippen molar-refractivity contribution in [3.8, 4) is 39.3 Å². The first-order valence-electron chi connectivity index (χ1n) is 15.8. The summed E-state index contributed by atoms with van der Waals surface area (Å²) in [5.74, 6) is 1.47. The van der Waals surface area contributed by atoms with E-state index in [0.29, 0.717) is 5.92 Å². The number of rotatable bonds is 4. The van der Waals surface area contributed by atoms with Crippen molar-refractivity contribution in [2.24, 2.45) is 0 Å². The molecule has 0 bridgehead atoms. The number of furan rings is 1. The van der Waals surface area contributed by atoms with Crippen molar-refractivity contribution < 1.29 is 4.42 Å². The zero-order chi connectivity index (χ0) is 30.2. The van der Waals surface area contributed by atoms with Gasteiger partial charge in [-0.15, -0.1) is 0 Å². The van der Waals surface area contributed by atoms with Gasteiger partial charge in [-0.05, 0) is 75.2 Å². The minimum Gasteiger partial charge on any atom is -0.455 e. The van der Waals surface area contributed by atoms with E-state index in [1.54, 1.807) is 0 Å². The number of nitrogens with zero attached hydrogens (tertiary/aromatic N) is 2. The molecule has 2 aromatic heterocycles. The van der Waals surface area contributed by atoms with Crippen molar-refractivity contribution in [2.75, 3.05) is 0 Å². The van der Waals surface area contributed by atoms with Crippen molar-refractivity contribution in [1.29, 1.82) is 0 Å². The first kappa shape index (κ1) is 26.0. The number of fused-ring (bicyclic) bond motifs is 5. The Hall–Kier alpha value is -5.41. The number of hydrogen-bond donors (Lipinski definition) is 0. The molecule has 1 aliphatic rings. The highest BCUT2D eigenvalue weighted by Crippen LogP contribution is 2.48. The van der Waals surface area contributed by atoms with E-state index >= 15 is 0 Å². The first-order chi connectivity index (χ1) is 22.1. The average molecular weight is 581 g/mol. The van der Waals surface area contributed by atoms with Gasteiger partial charge in [0.25, 0.3) is 0 Å². The van der Waals surface area contributed by atoms with Gasteiger partial charge in [0.15, 0.2) is 0 Å². The predicted octanol–water partition coefficient (Wildman–Crippen LogP) is 11.5. The van der Waals surface area contributed by atoms with Crippen LogP contribution in [0.25, 0.3) is 72.3 Å². The fourth-order valence-electron chi connectivity index (χ4n) is 7.35. The molecule has 6 aromatic carbocycles. The van der Waals surface area contributed by atoms with E-state index in [9.17, 15) is 0 Å². The SMILES string of the molecule is CC(C)c1cc(-c2ccc(-c3ccccc3)cc2)cc2c1-n1c(-c3cccc4c3oc3ccccc34)nc3cccc(c31)C2C. The lowest BCUT2D eigenvalue weighted by molar-refractivity contribution is 0.669. The van der Waals surface area contributed by atoms with E-state index in [1.807, 2.05) is 12.1 Å². The van der Waals surface area contributed by atoms with Gasteiger partial charge in [-0.3, -0.25) is 4.57 Å². The summed E-state index contributed by atoms with van der Waals surface area (Å²) in [4.78, 5) is 5.33. The second kappa shape index (κ2) is 9.80. The lowest BCUT2D eigenvalue weighted by atomic mass is 9.82. The van der Waals surface area contributed by atoms with E-state index in [0.717, 1.165) is 38.8 Å². The number of para-hydroxylation sites is 3. The lowest BCUT2D eigenvalue weighted by Crippen LogP contribution is -2.16. The summed E-state index contributed by atoms with van der Waals surface area (Å²) in [6, 6.07) is 45.7. The highest BCUT2D eigenvalue weighted by Gasteiger charge is 2.32. The molecule has 45 heavy (non-hydrogen) atoms. The van der Waals surface area contributed by atoms with Crippen LogP contribution in [0.5, 0.6) is 0 Å². The number of imidazole rings is 1. The Labute approximate surface area is 262 Å². The van der Waals surface area contributed by atoms with Crippen LogP contribution in [0.4, 0.5) is 0 Å². The van der Waals surface area contributed by atoms with Gasteiger partial charge in [-0.2, -0.15) is 0 Å². The minimum absolute atomic E-state index is 0.226. The predicted molar refractivity (Wildman–Crippen MR) is 186 cm³/mol. The molecule has 0 fully saturated rings. The summed E-state index contributed by atoms with van der Waals surface area (Å²) < 4.78 is 8.96. The molecular formula is C42H32N2O. The monoisotopic (exact) mass is 580 g/mol. The summed E-state index contributed by atoms with van der Waals surface area (Å²) in [5, 5.41) is 2.25. The zero-order valence-electron chi connectivity index (χ0n) is 25.6. The fourth-order valence-corrected chi connectivity index (χ4v) is 7.35. The summed E-state index contributed by atoms with van der Waals surface area (Å²) in [6.07, 6.45) is 0. The number of aromatic nitrogens is 2. The normalized spacial score (nSPS) is 14.1. The Morgan fingerprint density at radius 1 is 0.644 bits per heavy atom. The Morgan fingerprint density at radius 3 is 2.13 bits per heavy atom. The van der Waals surface area contributed by atoms with Gasteiger partial charge in [-0.1, -0.05) is 118 Å². The fraction of sp³-hybridized carbons (Fsp3) is 0.119. The van der Waals surface area contributed by atoms with Crippen molar-refractivity contribution in [2.45, 2.75) is 32.6 Å². The summed E-state index contributed by atoms with van der Waals surface area (Å²) in [7, 11) is 0. The van der Waals surface area contributed by atoms with E-state index in [4.69, 9.17) is 9.40 Å². The molecule has 0 saturated heterocycles. The van der Waals surface area contributed by atoms with Crippen LogP contribution in [0.15, 0.2) is 132 Å². The van der Waals surface area contributed by atoms with Crippen LogP contribution in [0.1, 0.15) is 49.3 Å². The highest BCUT2D eigenvalue weighted by molar-refractivity contribution is 6.09. The van der Waals surface area contributed by atoms with Gasteiger partial charge < -0.3 is 4.42 Å². The van der Waals surface area contributed by atoms with Crippen molar-refractivity contribution in [1.82, 2.24) is 9.55 Å². The Morgan fingerprint density at radius 2 is 1.33 bits per heavy atom. The maximum Gasteiger partial charge on any atom is 0.149 e. The molecule has 3 nitrogen and oxygen atoms in total. The Kier molecular flexibility index (Phi) is 5.67. The highest BCUT2D eigenvalue weighted by atomic mass is 16.3. The third kappa shape index (κ3) is 3.87. The van der Waals surface area contributed by atoms with Crippen LogP contribution < -0.4 is 0 Å². The smallest absolute Gasteiger partial charge is 0.149 e. The molecule has 1 atom stereocenters. The molecule has 3 heterocycles. The second-order valence-electron chi connectivity index (χ2n) is 12.6. The molecule has 0 aliphatic carbocycles. The van der Waals surface area contributed by atoms with Gasteiger partial charge in [0, 0.05) is 16.7 Å². The average Bonchev–Trinajstić information content (AvgIpc) is 3.66. The molecule has 0 amide bonds. The van der Waals surface area contributed by atoms with Crippen molar-refractivity contribution in [3.05, 3.63) is 144 Å². The second-order valence-corrected chi connectivity index (χ2v) is 12.6. The van der Waals surface area contributed by atoms with E-state index in [-0.39, 0.29) is 5.92 Å². The minimum atomic E-state index is 0.226. The number of benzene rings is 6. The summed E-state index contributed by atoms with van der Waals surface area (Å²) in [5.41, 5.74) is 15.2. The first-order valence-corrected chi connectivity index (χ1v) is 15.8. The molecule has 0 N–H and O–H groups in total. The van der Waals surface area contributed by atoms with Crippen molar-refractivity contribution >= 4 is 33.0 Å². The molecule has 0 saturated carbocycles. The van der Waals surface area contributed by atoms with Crippen LogP contribution >= 0.6 is 0 Å². The third-order valence-electron chi connectivity index (χ3n) is 9.63. The third-order valence-corrected chi connectivity index (χ3v) is 9.63. The molecule has 1 unspecified atom stereocenters. The molecule has 8 aromatic rings. The summed E-state index contributed by atoms with van der Waals surface area (Å²) >= 11 is 0. The Bertz CT molecular complexity index is 2410. The van der Waals surface area contributed by atoms with Crippen LogP contribution in [0.3, 0.4) is 0 Å². The van der Waals surface area contributed by atoms with Crippen LogP contribution in [-0.2, 0) is 0 Å². The molecule has 1 aliphatic heterocycles. The van der Waals surface area contributed by atoms with Gasteiger partial charge in [-0.25, -0.2) is 4.98 Å². The Balaban J connectivity index is 1.29. The van der Waals surface area contributed by atoms with E-state index in [1.165, 1.54) is 50.1 Å². The maximum atomic E-state index is 6.53. The van der Waals surface area contributed by atoms with Crippen LogP contribution in [0, 0.1) is 0 Å². The molecule has 9 rings (SSSR count). The molecule has 0 radical (unpaired) electrons. The van der Waals surface area contributed by atoms with Gasteiger partial charge in [0.2, 0.25) is 0 Å². The standard InChI is InChI=1S/C42H32N2O/c1-25(2)35-23-30(29-21-19-28(20-22-29)27-11-5-4-6-12-27)24-36-26(3)31-14-10-17-37-40(31)44(39(35)36)42(43-37)34-16-9-15-33-32-13-7-8-18-38(32)45-41(33)34/h4-26H,1-3H3. The molecule has 216 valence electrons. The van der Waals surface area contributed by atoms with Crippen molar-refractivity contribution in [3.63, 3.8) is 0 Å². The van der Waals surface area contributed by atoms with Gasteiger partial charge >= 0.3 is 0 Å². The van der Waals surface area contributed by atoms with E-state index < -0.39 is 0 Å². The van der Waals surface area contributed by atoms with Gasteiger partial charge in [0.05, 0.1) is 22.3 Å². The quantitative estimate of drug-likeness (QED) is 0.207. The van der Waals surface area contributed by atoms with E-state index in [2.05, 4.69) is 141 Å². The van der Waals surface area contributed by atoms with Gasteiger partial charge in [0.1, 0.15) is 17.0 Å². The molecule has 0 spiro atoms. The van der Waals surface area contributed by atoms with Crippen LogP contribution in [0.2, 0.25) is 0 Å². The largest absolute Gasteiger partial charge is 0.455 e. The molecule has 3 heteroatoms. The topological polar surface area (TPSA) is 31.0 Å². The summed E-state index contributed by atoms with van der Waals surface area (Å²) in [6.45, 7) is 6.95. The lowest BCUT2D eigenvalue weighted by Gasteiger charge is -2.30.